The second kappa shape index (κ2) is 7.38. The lowest BCUT2D eigenvalue weighted by molar-refractivity contribution is -0.384. The van der Waals surface area contributed by atoms with E-state index in [0.29, 0.717) is 10.6 Å². The third-order valence-corrected chi connectivity index (χ3v) is 3.04. The Morgan fingerprint density at radius 1 is 1.23 bits per heavy atom. The molecule has 0 spiro atoms. The van der Waals surface area contributed by atoms with E-state index in [9.17, 15) is 14.9 Å². The molecule has 6 heteroatoms. The van der Waals surface area contributed by atoms with E-state index in [-0.39, 0.29) is 12.3 Å². The lowest BCUT2D eigenvalue weighted by Gasteiger charge is -2.02. The number of ether oxygens (including phenoxy) is 1. The van der Waals surface area contributed by atoms with E-state index in [1.165, 1.54) is 24.3 Å². The molecular weight excluding hydrogens is 306 g/mol. The van der Waals surface area contributed by atoms with Crippen molar-refractivity contribution in [3.63, 3.8) is 0 Å². The van der Waals surface area contributed by atoms with Crippen LogP contribution >= 0.6 is 11.6 Å². The van der Waals surface area contributed by atoms with E-state index in [1.54, 1.807) is 36.4 Å². The highest BCUT2D eigenvalue weighted by Gasteiger charge is 2.04. The minimum Gasteiger partial charge on any atom is -0.458 e. The maximum absolute atomic E-state index is 11.6. The van der Waals surface area contributed by atoms with Gasteiger partial charge < -0.3 is 4.74 Å². The van der Waals surface area contributed by atoms with Crippen molar-refractivity contribution in [1.29, 1.82) is 0 Å². The Morgan fingerprint density at radius 3 is 2.64 bits per heavy atom. The molecule has 0 heterocycles. The second-order valence-electron chi connectivity index (χ2n) is 4.42. The zero-order chi connectivity index (χ0) is 15.9. The monoisotopic (exact) mass is 317 g/mol. The van der Waals surface area contributed by atoms with Gasteiger partial charge in [0, 0.05) is 23.2 Å². The third-order valence-electron chi connectivity index (χ3n) is 2.79. The molecule has 0 bridgehead atoms. The third kappa shape index (κ3) is 4.71. The molecule has 0 fully saturated rings. The summed E-state index contributed by atoms with van der Waals surface area (Å²) in [6, 6.07) is 12.9. The highest BCUT2D eigenvalue weighted by molar-refractivity contribution is 6.30. The van der Waals surface area contributed by atoms with Crippen LogP contribution in [0.15, 0.2) is 54.6 Å². The van der Waals surface area contributed by atoms with Crippen LogP contribution in [0.5, 0.6) is 0 Å². The molecule has 112 valence electrons. The summed E-state index contributed by atoms with van der Waals surface area (Å²) in [4.78, 5) is 21.8. The quantitative estimate of drug-likeness (QED) is 0.361. The molecule has 0 aliphatic rings. The van der Waals surface area contributed by atoms with E-state index < -0.39 is 10.9 Å². The van der Waals surface area contributed by atoms with Crippen molar-refractivity contribution in [3.8, 4) is 0 Å². The van der Waals surface area contributed by atoms with E-state index >= 15 is 0 Å². The van der Waals surface area contributed by atoms with Crippen LogP contribution in [-0.2, 0) is 16.1 Å². The van der Waals surface area contributed by atoms with Gasteiger partial charge in [0.05, 0.1) is 4.92 Å². The Morgan fingerprint density at radius 2 is 1.95 bits per heavy atom. The van der Waals surface area contributed by atoms with Gasteiger partial charge in [0.1, 0.15) is 6.61 Å². The minimum absolute atomic E-state index is 0.0309. The summed E-state index contributed by atoms with van der Waals surface area (Å²) in [6.07, 6.45) is 2.70. The van der Waals surface area contributed by atoms with Gasteiger partial charge in [-0.15, -0.1) is 0 Å². The largest absolute Gasteiger partial charge is 0.458 e. The first kappa shape index (κ1) is 15.7. The molecule has 2 rings (SSSR count). The smallest absolute Gasteiger partial charge is 0.331 e. The van der Waals surface area contributed by atoms with E-state index in [0.717, 1.165) is 5.56 Å². The van der Waals surface area contributed by atoms with Crippen molar-refractivity contribution in [3.05, 3.63) is 80.9 Å². The molecule has 2 aromatic rings. The van der Waals surface area contributed by atoms with Gasteiger partial charge >= 0.3 is 5.97 Å². The summed E-state index contributed by atoms with van der Waals surface area (Å²) in [7, 11) is 0. The first-order valence-electron chi connectivity index (χ1n) is 6.38. The number of hydrogen-bond donors (Lipinski definition) is 0. The molecule has 0 amide bonds. The molecule has 0 aliphatic carbocycles. The van der Waals surface area contributed by atoms with Crippen molar-refractivity contribution >= 4 is 29.3 Å². The van der Waals surface area contributed by atoms with Crippen LogP contribution in [0, 0.1) is 10.1 Å². The molecule has 0 saturated carbocycles. The van der Waals surface area contributed by atoms with E-state index in [2.05, 4.69) is 0 Å². The van der Waals surface area contributed by atoms with Crippen molar-refractivity contribution in [2.45, 2.75) is 6.61 Å². The summed E-state index contributed by atoms with van der Waals surface area (Å²) < 4.78 is 5.06. The van der Waals surface area contributed by atoms with Crippen LogP contribution in [0.2, 0.25) is 5.02 Å². The summed E-state index contributed by atoms with van der Waals surface area (Å²) in [5.74, 6) is -0.526. The molecule has 5 nitrogen and oxygen atoms in total. The van der Waals surface area contributed by atoms with E-state index in [1.807, 2.05) is 0 Å². The molecule has 22 heavy (non-hydrogen) atoms. The van der Waals surface area contributed by atoms with E-state index in [4.69, 9.17) is 16.3 Å². The first-order valence-corrected chi connectivity index (χ1v) is 6.76. The fourth-order valence-electron chi connectivity index (χ4n) is 1.69. The number of nitrogens with zero attached hydrogens (tertiary/aromatic N) is 1. The number of nitro groups is 1. The average Bonchev–Trinajstić information content (AvgIpc) is 2.52. The fraction of sp³-hybridized carbons (Fsp3) is 0.0625. The first-order chi connectivity index (χ1) is 10.5. The van der Waals surface area contributed by atoms with Crippen molar-refractivity contribution < 1.29 is 14.5 Å². The maximum Gasteiger partial charge on any atom is 0.331 e. The number of hydrogen-bond acceptors (Lipinski definition) is 4. The van der Waals surface area contributed by atoms with Crippen molar-refractivity contribution in [1.82, 2.24) is 0 Å². The number of carbonyl (C=O) groups is 1. The SMILES string of the molecule is O=C(C=Cc1cccc([N+](=O)[O-])c1)OCc1ccc(Cl)cc1. The number of benzene rings is 2. The maximum atomic E-state index is 11.6. The molecule has 0 aromatic heterocycles. The fourth-order valence-corrected chi connectivity index (χ4v) is 1.82. The molecule has 0 unspecified atom stereocenters. The van der Waals surface area contributed by atoms with Crippen LogP contribution < -0.4 is 0 Å². The zero-order valence-electron chi connectivity index (χ0n) is 11.4. The minimum atomic E-state index is -0.526. The highest BCUT2D eigenvalue weighted by atomic mass is 35.5. The standard InChI is InChI=1S/C16H12ClNO4/c17-14-7-4-13(5-8-14)11-22-16(19)9-6-12-2-1-3-15(10-12)18(20)21/h1-10H,11H2. The highest BCUT2D eigenvalue weighted by Crippen LogP contribution is 2.14. The number of rotatable bonds is 5. The Labute approximate surface area is 131 Å². The predicted octanol–water partition coefficient (Wildman–Crippen LogP) is 4.00. The lowest BCUT2D eigenvalue weighted by Crippen LogP contribution is -2.00. The Kier molecular flexibility index (Phi) is 5.27. The Balaban J connectivity index is 1.92. The Hall–Kier alpha value is -2.66. The topological polar surface area (TPSA) is 69.4 Å². The number of non-ortho nitro benzene ring substituents is 1. The molecule has 0 atom stereocenters. The molecule has 0 radical (unpaired) electrons. The van der Waals surface area contributed by atoms with Gasteiger partial charge in [-0.25, -0.2) is 4.79 Å². The number of halogens is 1. The second-order valence-corrected chi connectivity index (χ2v) is 4.86. The van der Waals surface area contributed by atoms with Crippen LogP contribution in [0.1, 0.15) is 11.1 Å². The van der Waals surface area contributed by atoms with Crippen LogP contribution in [0.3, 0.4) is 0 Å². The summed E-state index contributed by atoms with van der Waals surface area (Å²) in [5, 5.41) is 11.3. The van der Waals surface area contributed by atoms with Gasteiger partial charge in [-0.05, 0) is 29.3 Å². The van der Waals surface area contributed by atoms with Gasteiger partial charge in [0.2, 0.25) is 0 Å². The van der Waals surface area contributed by atoms with Gasteiger partial charge in [0.15, 0.2) is 0 Å². The summed E-state index contributed by atoms with van der Waals surface area (Å²) in [5.41, 5.74) is 1.34. The average molecular weight is 318 g/mol. The lowest BCUT2D eigenvalue weighted by atomic mass is 10.2. The van der Waals surface area contributed by atoms with Crippen LogP contribution in [-0.4, -0.2) is 10.9 Å². The number of carbonyl (C=O) groups excluding carboxylic acids is 1. The molecule has 0 aliphatic heterocycles. The van der Waals surface area contributed by atoms with Crippen molar-refractivity contribution in [2.24, 2.45) is 0 Å². The summed E-state index contributed by atoms with van der Waals surface area (Å²) >= 11 is 5.76. The number of nitro benzene ring substituents is 1. The van der Waals surface area contributed by atoms with Gasteiger partial charge in [0.25, 0.3) is 5.69 Å². The number of esters is 1. The molecular formula is C16H12ClNO4. The molecule has 0 N–H and O–H groups in total. The zero-order valence-corrected chi connectivity index (χ0v) is 12.2. The van der Waals surface area contributed by atoms with Crippen LogP contribution in [0.25, 0.3) is 6.08 Å². The molecule has 2 aromatic carbocycles. The molecule has 0 saturated heterocycles. The van der Waals surface area contributed by atoms with Crippen LogP contribution in [0.4, 0.5) is 5.69 Å². The predicted molar refractivity (Wildman–Crippen MR) is 83.4 cm³/mol. The normalized spacial score (nSPS) is 10.6. The summed E-state index contributed by atoms with van der Waals surface area (Å²) in [6.45, 7) is 0.134. The van der Waals surface area contributed by atoms with Gasteiger partial charge in [-0.3, -0.25) is 10.1 Å². The van der Waals surface area contributed by atoms with Gasteiger partial charge in [-0.2, -0.15) is 0 Å². The Bertz CT molecular complexity index is 710. The van der Waals surface area contributed by atoms with Crippen molar-refractivity contribution in [2.75, 3.05) is 0 Å². The van der Waals surface area contributed by atoms with Gasteiger partial charge in [-0.1, -0.05) is 35.9 Å².